The summed E-state index contributed by atoms with van der Waals surface area (Å²) < 4.78 is 0. The molecule has 2 atom stereocenters. The lowest BCUT2D eigenvalue weighted by Gasteiger charge is -2.26. The number of hydrogen-bond donors (Lipinski definition) is 2. The first kappa shape index (κ1) is 18.9. The summed E-state index contributed by atoms with van der Waals surface area (Å²) in [5.74, 6) is 0.425. The first-order valence-corrected chi connectivity index (χ1v) is 6.88. The van der Waals surface area contributed by atoms with Crippen LogP contribution in [0.5, 0.6) is 0 Å². The van der Waals surface area contributed by atoms with Crippen LogP contribution in [0.1, 0.15) is 45.7 Å². The number of halogens is 1. The number of nitrogens with one attached hydrogen (secondary N) is 1. The number of carbonyl (C=O) groups excluding carboxylic acids is 1. The van der Waals surface area contributed by atoms with Gasteiger partial charge in [0.2, 0.25) is 5.91 Å². The fourth-order valence-corrected chi connectivity index (χ4v) is 1.70. The highest BCUT2D eigenvalue weighted by atomic mass is 35.5. The van der Waals surface area contributed by atoms with E-state index in [0.29, 0.717) is 18.9 Å². The Labute approximate surface area is 128 Å². The molecule has 0 aliphatic rings. The molecule has 0 aromatic heterocycles. The van der Waals surface area contributed by atoms with Crippen molar-refractivity contribution in [3.8, 4) is 0 Å². The highest BCUT2D eigenvalue weighted by molar-refractivity contribution is 5.85. The van der Waals surface area contributed by atoms with Crippen molar-refractivity contribution >= 4 is 18.3 Å². The summed E-state index contributed by atoms with van der Waals surface area (Å²) in [5.41, 5.74) is 7.24. The van der Waals surface area contributed by atoms with Gasteiger partial charge in [0.15, 0.2) is 0 Å². The number of hydrogen-bond acceptors (Lipinski definition) is 2. The van der Waals surface area contributed by atoms with Gasteiger partial charge >= 0.3 is 0 Å². The van der Waals surface area contributed by atoms with Gasteiger partial charge in [-0.2, -0.15) is 0 Å². The molecule has 0 bridgehead atoms. The molecule has 0 aliphatic carbocycles. The minimum Gasteiger partial charge on any atom is -0.354 e. The molecule has 1 aromatic carbocycles. The van der Waals surface area contributed by atoms with Crippen molar-refractivity contribution in [1.82, 2.24) is 5.32 Å². The Morgan fingerprint density at radius 1 is 1.25 bits per heavy atom. The van der Waals surface area contributed by atoms with Crippen LogP contribution in [0.2, 0.25) is 0 Å². The molecule has 0 spiro atoms. The molecular weight excluding hydrogens is 272 g/mol. The van der Waals surface area contributed by atoms with E-state index in [9.17, 15) is 4.79 Å². The number of carbonyl (C=O) groups is 1. The molecule has 114 valence electrons. The van der Waals surface area contributed by atoms with Gasteiger partial charge in [0.25, 0.3) is 0 Å². The zero-order valence-electron chi connectivity index (χ0n) is 12.8. The van der Waals surface area contributed by atoms with E-state index in [1.54, 1.807) is 0 Å². The molecule has 1 aromatic rings. The van der Waals surface area contributed by atoms with Gasteiger partial charge in [-0.25, -0.2) is 0 Å². The van der Waals surface area contributed by atoms with Crippen molar-refractivity contribution in [2.75, 3.05) is 6.54 Å². The van der Waals surface area contributed by atoms with E-state index in [2.05, 4.69) is 33.0 Å². The second kappa shape index (κ2) is 8.28. The maximum atomic E-state index is 11.9. The Morgan fingerprint density at radius 3 is 2.30 bits per heavy atom. The van der Waals surface area contributed by atoms with Gasteiger partial charge < -0.3 is 11.1 Å². The molecule has 0 saturated heterocycles. The van der Waals surface area contributed by atoms with Crippen LogP contribution in [0.25, 0.3) is 0 Å². The van der Waals surface area contributed by atoms with E-state index in [1.807, 2.05) is 30.3 Å². The lowest BCUT2D eigenvalue weighted by atomic mass is 9.80. The van der Waals surface area contributed by atoms with Crippen LogP contribution in [0, 0.1) is 11.3 Å². The molecule has 4 heteroatoms. The molecule has 3 N–H and O–H groups in total. The summed E-state index contributed by atoms with van der Waals surface area (Å²) in [5, 5.41) is 2.92. The van der Waals surface area contributed by atoms with Crippen molar-refractivity contribution in [3.63, 3.8) is 0 Å². The van der Waals surface area contributed by atoms with Gasteiger partial charge in [-0.3, -0.25) is 4.79 Å². The smallest absolute Gasteiger partial charge is 0.220 e. The van der Waals surface area contributed by atoms with Gasteiger partial charge in [0, 0.05) is 19.0 Å². The van der Waals surface area contributed by atoms with E-state index >= 15 is 0 Å². The minimum absolute atomic E-state index is 0. The second-order valence-electron chi connectivity index (χ2n) is 6.29. The normalized spacial score (nSPS) is 14.1. The lowest BCUT2D eigenvalue weighted by Crippen LogP contribution is -2.34. The van der Waals surface area contributed by atoms with Crippen molar-refractivity contribution in [2.24, 2.45) is 17.1 Å². The van der Waals surface area contributed by atoms with Gasteiger partial charge in [-0.15, -0.1) is 12.4 Å². The standard InChI is InChI=1S/C16H26N2O.ClH/c1-12(16(2,3)4)10-15(19)18-11-14(17)13-8-6-5-7-9-13;/h5-9,12,14H,10-11,17H2,1-4H3,(H,18,19);1H. The Bertz CT molecular complexity index is 401. The van der Waals surface area contributed by atoms with E-state index in [1.165, 1.54) is 0 Å². The quantitative estimate of drug-likeness (QED) is 0.876. The molecule has 3 nitrogen and oxygen atoms in total. The fourth-order valence-electron chi connectivity index (χ4n) is 1.70. The maximum absolute atomic E-state index is 11.9. The number of amides is 1. The van der Waals surface area contributed by atoms with Crippen LogP contribution in [-0.4, -0.2) is 12.5 Å². The van der Waals surface area contributed by atoms with Crippen molar-refractivity contribution in [2.45, 2.75) is 40.2 Å². The van der Waals surface area contributed by atoms with E-state index in [-0.39, 0.29) is 29.8 Å². The summed E-state index contributed by atoms with van der Waals surface area (Å²) in [6, 6.07) is 9.69. The van der Waals surface area contributed by atoms with E-state index in [4.69, 9.17) is 5.73 Å². The largest absolute Gasteiger partial charge is 0.354 e. The summed E-state index contributed by atoms with van der Waals surface area (Å²) >= 11 is 0. The Morgan fingerprint density at radius 2 is 1.80 bits per heavy atom. The molecule has 0 heterocycles. The lowest BCUT2D eigenvalue weighted by molar-refractivity contribution is -0.122. The summed E-state index contributed by atoms with van der Waals surface area (Å²) in [7, 11) is 0. The molecule has 0 fully saturated rings. The SMILES string of the molecule is CC(CC(=O)NCC(N)c1ccccc1)C(C)(C)C.Cl. The number of benzene rings is 1. The summed E-state index contributed by atoms with van der Waals surface area (Å²) in [6.45, 7) is 9.05. The van der Waals surface area contributed by atoms with E-state index in [0.717, 1.165) is 5.56 Å². The number of rotatable bonds is 5. The third-order valence-electron chi connectivity index (χ3n) is 3.72. The Kier molecular flexibility index (Phi) is 7.84. The average molecular weight is 299 g/mol. The van der Waals surface area contributed by atoms with Crippen LogP contribution < -0.4 is 11.1 Å². The van der Waals surface area contributed by atoms with Gasteiger partial charge in [-0.05, 0) is 16.9 Å². The molecule has 20 heavy (non-hydrogen) atoms. The maximum Gasteiger partial charge on any atom is 0.220 e. The molecular formula is C16H27ClN2O. The zero-order valence-corrected chi connectivity index (χ0v) is 13.7. The predicted molar refractivity (Wildman–Crippen MR) is 86.9 cm³/mol. The van der Waals surface area contributed by atoms with Crippen LogP contribution >= 0.6 is 12.4 Å². The van der Waals surface area contributed by atoms with Gasteiger partial charge in [0.05, 0.1) is 0 Å². The van der Waals surface area contributed by atoms with Gasteiger partial charge in [-0.1, -0.05) is 58.0 Å². The van der Waals surface area contributed by atoms with Crippen LogP contribution in [0.3, 0.4) is 0 Å². The Balaban J connectivity index is 0.00000361. The van der Waals surface area contributed by atoms with Gasteiger partial charge in [0.1, 0.15) is 0 Å². The molecule has 0 saturated carbocycles. The van der Waals surface area contributed by atoms with Crippen LogP contribution in [0.15, 0.2) is 30.3 Å². The van der Waals surface area contributed by atoms with Crippen molar-refractivity contribution < 1.29 is 4.79 Å². The third-order valence-corrected chi connectivity index (χ3v) is 3.72. The number of nitrogens with two attached hydrogens (primary N) is 1. The van der Waals surface area contributed by atoms with Crippen molar-refractivity contribution in [3.05, 3.63) is 35.9 Å². The van der Waals surface area contributed by atoms with Crippen LogP contribution in [0.4, 0.5) is 0 Å². The molecule has 1 rings (SSSR count). The monoisotopic (exact) mass is 298 g/mol. The topological polar surface area (TPSA) is 55.1 Å². The molecule has 0 radical (unpaired) electrons. The summed E-state index contributed by atoms with van der Waals surface area (Å²) in [6.07, 6.45) is 0.547. The minimum atomic E-state index is -0.143. The Hall–Kier alpha value is -1.06. The average Bonchev–Trinajstić information content (AvgIpc) is 2.35. The van der Waals surface area contributed by atoms with Crippen LogP contribution in [-0.2, 0) is 4.79 Å². The zero-order chi connectivity index (χ0) is 14.5. The fraction of sp³-hybridized carbons (Fsp3) is 0.562. The van der Waals surface area contributed by atoms with Crippen molar-refractivity contribution in [1.29, 1.82) is 0 Å². The molecule has 0 aliphatic heterocycles. The highest BCUT2D eigenvalue weighted by Gasteiger charge is 2.22. The summed E-state index contributed by atoms with van der Waals surface area (Å²) in [4.78, 5) is 11.9. The second-order valence-corrected chi connectivity index (χ2v) is 6.29. The molecule has 1 amide bonds. The predicted octanol–water partition coefficient (Wildman–Crippen LogP) is 3.30. The third kappa shape index (κ3) is 6.40. The first-order valence-electron chi connectivity index (χ1n) is 6.88. The highest BCUT2D eigenvalue weighted by Crippen LogP contribution is 2.27. The first-order chi connectivity index (χ1) is 8.80. The molecule has 2 unspecified atom stereocenters. The van der Waals surface area contributed by atoms with E-state index < -0.39 is 0 Å².